The Morgan fingerprint density at radius 3 is 2.20 bits per heavy atom. The van der Waals surface area contributed by atoms with Gasteiger partial charge in [0.2, 0.25) is 5.91 Å². The maximum atomic E-state index is 12.0. The van der Waals surface area contributed by atoms with E-state index in [0.717, 1.165) is 12.8 Å². The largest absolute Gasteiger partial charge is 0.480 e. The van der Waals surface area contributed by atoms with E-state index in [1.54, 1.807) is 0 Å². The van der Waals surface area contributed by atoms with E-state index >= 15 is 0 Å². The molecule has 20 heavy (non-hydrogen) atoms. The molecule has 4 N–H and O–H groups in total. The highest BCUT2D eigenvalue weighted by atomic mass is 16.4. The summed E-state index contributed by atoms with van der Waals surface area (Å²) in [6.45, 7) is 0. The summed E-state index contributed by atoms with van der Waals surface area (Å²) < 4.78 is 0. The molecule has 2 amide bonds. The van der Waals surface area contributed by atoms with Crippen LogP contribution in [0.2, 0.25) is 0 Å². The van der Waals surface area contributed by atoms with Crippen molar-refractivity contribution in [2.24, 2.45) is 11.7 Å². The molecular formula is C14H16N2O4. The molecule has 1 saturated carbocycles. The van der Waals surface area contributed by atoms with Crippen LogP contribution in [0.15, 0.2) is 24.3 Å². The fraction of sp³-hybridized carbons (Fsp3) is 0.357. The number of benzene rings is 1. The van der Waals surface area contributed by atoms with E-state index in [-0.39, 0.29) is 0 Å². The molecule has 0 bridgehead atoms. The molecule has 1 unspecified atom stereocenters. The Kier molecular flexibility index (Phi) is 4.02. The molecule has 1 fully saturated rings. The normalized spacial score (nSPS) is 15.4. The van der Waals surface area contributed by atoms with Crippen LogP contribution in [0, 0.1) is 5.92 Å². The Hall–Kier alpha value is -2.37. The molecule has 2 rings (SSSR count). The number of carbonyl (C=O) groups is 3. The Bertz CT molecular complexity index is 535. The number of nitrogens with two attached hydrogens (primary N) is 1. The summed E-state index contributed by atoms with van der Waals surface area (Å²) in [5.41, 5.74) is 5.71. The van der Waals surface area contributed by atoms with Crippen molar-refractivity contribution in [3.05, 3.63) is 35.4 Å². The van der Waals surface area contributed by atoms with Gasteiger partial charge in [-0.05, 0) is 36.6 Å². The highest BCUT2D eigenvalue weighted by Gasteiger charge is 2.30. The Morgan fingerprint density at radius 1 is 1.20 bits per heavy atom. The molecule has 1 aliphatic rings. The van der Waals surface area contributed by atoms with Gasteiger partial charge < -0.3 is 16.2 Å². The zero-order valence-electron chi connectivity index (χ0n) is 10.8. The van der Waals surface area contributed by atoms with Crippen molar-refractivity contribution in [1.82, 2.24) is 5.32 Å². The van der Waals surface area contributed by atoms with Gasteiger partial charge in [-0.15, -0.1) is 0 Å². The highest BCUT2D eigenvalue weighted by molar-refractivity contribution is 5.98. The van der Waals surface area contributed by atoms with Crippen LogP contribution in [0.1, 0.15) is 40.0 Å². The van der Waals surface area contributed by atoms with Crippen molar-refractivity contribution >= 4 is 17.8 Å². The summed E-state index contributed by atoms with van der Waals surface area (Å²) >= 11 is 0. The second-order valence-corrected chi connectivity index (χ2v) is 4.98. The van der Waals surface area contributed by atoms with Crippen molar-refractivity contribution in [1.29, 1.82) is 0 Å². The van der Waals surface area contributed by atoms with Crippen molar-refractivity contribution in [3.8, 4) is 0 Å². The van der Waals surface area contributed by atoms with Gasteiger partial charge in [0.05, 0.1) is 0 Å². The van der Waals surface area contributed by atoms with Gasteiger partial charge in [-0.3, -0.25) is 9.59 Å². The van der Waals surface area contributed by atoms with Gasteiger partial charge in [0.1, 0.15) is 6.04 Å². The minimum absolute atomic E-state index is 0.300. The lowest BCUT2D eigenvalue weighted by Gasteiger charge is -2.14. The number of hydrogen-bond acceptors (Lipinski definition) is 3. The van der Waals surface area contributed by atoms with E-state index in [2.05, 4.69) is 5.32 Å². The van der Waals surface area contributed by atoms with Crippen LogP contribution in [-0.4, -0.2) is 28.9 Å². The Morgan fingerprint density at radius 2 is 1.75 bits per heavy atom. The van der Waals surface area contributed by atoms with Crippen LogP contribution in [-0.2, 0) is 4.79 Å². The smallest absolute Gasteiger partial charge is 0.326 e. The predicted octanol–water partition coefficient (Wildman–Crippen LogP) is 0.769. The van der Waals surface area contributed by atoms with Gasteiger partial charge in [0, 0.05) is 11.1 Å². The first-order valence-corrected chi connectivity index (χ1v) is 6.41. The second kappa shape index (κ2) is 5.73. The summed E-state index contributed by atoms with van der Waals surface area (Å²) in [6, 6.07) is 4.91. The number of rotatable bonds is 6. The molecule has 0 radical (unpaired) electrons. The van der Waals surface area contributed by atoms with Crippen molar-refractivity contribution in [2.75, 3.05) is 0 Å². The number of primary amides is 1. The Labute approximate surface area is 116 Å². The van der Waals surface area contributed by atoms with Crippen LogP contribution in [0.5, 0.6) is 0 Å². The lowest BCUT2D eigenvalue weighted by Crippen LogP contribution is -2.41. The van der Waals surface area contributed by atoms with Crippen LogP contribution < -0.4 is 11.1 Å². The number of amides is 2. The predicted molar refractivity (Wildman–Crippen MR) is 71.2 cm³/mol. The first-order valence-electron chi connectivity index (χ1n) is 6.41. The van der Waals surface area contributed by atoms with Gasteiger partial charge in [-0.2, -0.15) is 0 Å². The number of nitrogens with one attached hydrogen (secondary N) is 1. The average molecular weight is 276 g/mol. The van der Waals surface area contributed by atoms with Crippen LogP contribution in [0.25, 0.3) is 0 Å². The third-order valence-electron chi connectivity index (χ3n) is 3.30. The summed E-state index contributed by atoms with van der Waals surface area (Å²) in [5, 5.41) is 11.6. The average Bonchev–Trinajstić information content (AvgIpc) is 3.21. The van der Waals surface area contributed by atoms with Gasteiger partial charge >= 0.3 is 5.97 Å². The third-order valence-corrected chi connectivity index (χ3v) is 3.30. The number of carbonyl (C=O) groups excluding carboxylic acids is 2. The Balaban J connectivity index is 2.01. The number of hydrogen-bond donors (Lipinski definition) is 3. The van der Waals surface area contributed by atoms with E-state index in [0.29, 0.717) is 23.5 Å². The van der Waals surface area contributed by atoms with Crippen molar-refractivity contribution < 1.29 is 19.5 Å². The topological polar surface area (TPSA) is 109 Å². The van der Waals surface area contributed by atoms with E-state index < -0.39 is 23.8 Å². The molecule has 1 aromatic carbocycles. The molecular weight excluding hydrogens is 260 g/mol. The molecule has 1 aliphatic carbocycles. The SMILES string of the molecule is NC(=O)c1ccc(C(=O)NC(CC2CC2)C(=O)O)cc1. The first-order chi connectivity index (χ1) is 9.47. The molecule has 1 aromatic rings. The minimum atomic E-state index is -1.03. The monoisotopic (exact) mass is 276 g/mol. The number of carboxylic acid groups (broad SMARTS) is 1. The second-order valence-electron chi connectivity index (χ2n) is 4.98. The van der Waals surface area contributed by atoms with E-state index in [4.69, 9.17) is 10.8 Å². The van der Waals surface area contributed by atoms with Crippen LogP contribution in [0.4, 0.5) is 0 Å². The summed E-state index contributed by atoms with van der Waals surface area (Å²) in [6.07, 6.45) is 2.50. The lowest BCUT2D eigenvalue weighted by molar-refractivity contribution is -0.139. The van der Waals surface area contributed by atoms with E-state index in [1.165, 1.54) is 24.3 Å². The van der Waals surface area contributed by atoms with Crippen LogP contribution in [0.3, 0.4) is 0 Å². The summed E-state index contributed by atoms with van der Waals surface area (Å²) in [5.74, 6) is -1.67. The quantitative estimate of drug-likeness (QED) is 0.712. The summed E-state index contributed by atoms with van der Waals surface area (Å²) in [4.78, 5) is 34.0. The van der Waals surface area contributed by atoms with Crippen molar-refractivity contribution in [3.63, 3.8) is 0 Å². The zero-order valence-corrected chi connectivity index (χ0v) is 10.8. The molecule has 0 spiro atoms. The van der Waals surface area contributed by atoms with Gasteiger partial charge in [-0.25, -0.2) is 4.79 Å². The molecule has 0 aromatic heterocycles. The molecule has 6 heteroatoms. The first kappa shape index (κ1) is 14.0. The fourth-order valence-electron chi connectivity index (χ4n) is 1.94. The molecule has 0 aliphatic heterocycles. The standard InChI is InChI=1S/C14H16N2O4/c15-12(17)9-3-5-10(6-4-9)13(18)16-11(14(19)20)7-8-1-2-8/h3-6,8,11H,1-2,7H2,(H2,15,17)(H,16,18)(H,19,20). The maximum Gasteiger partial charge on any atom is 0.326 e. The molecule has 6 nitrogen and oxygen atoms in total. The number of aliphatic carboxylic acids is 1. The van der Waals surface area contributed by atoms with Gasteiger partial charge in [-0.1, -0.05) is 12.8 Å². The minimum Gasteiger partial charge on any atom is -0.480 e. The lowest BCUT2D eigenvalue weighted by atomic mass is 10.1. The maximum absolute atomic E-state index is 12.0. The third kappa shape index (κ3) is 3.57. The number of carboxylic acids is 1. The molecule has 0 saturated heterocycles. The molecule has 106 valence electrons. The van der Waals surface area contributed by atoms with Gasteiger partial charge in [0.15, 0.2) is 0 Å². The van der Waals surface area contributed by atoms with E-state index in [9.17, 15) is 14.4 Å². The van der Waals surface area contributed by atoms with E-state index in [1.807, 2.05) is 0 Å². The zero-order chi connectivity index (χ0) is 14.7. The highest BCUT2D eigenvalue weighted by Crippen LogP contribution is 2.33. The summed E-state index contributed by atoms with van der Waals surface area (Å²) in [7, 11) is 0. The van der Waals surface area contributed by atoms with Crippen molar-refractivity contribution in [2.45, 2.75) is 25.3 Å². The van der Waals surface area contributed by atoms with Crippen LogP contribution >= 0.6 is 0 Å². The molecule has 0 heterocycles. The fourth-order valence-corrected chi connectivity index (χ4v) is 1.94. The van der Waals surface area contributed by atoms with Gasteiger partial charge in [0.25, 0.3) is 5.91 Å². The molecule has 1 atom stereocenters.